The van der Waals surface area contributed by atoms with E-state index in [1.165, 1.54) is 29.3 Å². The number of rotatable bonds is 10. The average Bonchev–Trinajstić information content (AvgIpc) is 3.48. The third-order valence-corrected chi connectivity index (χ3v) is 6.41. The van der Waals surface area contributed by atoms with Gasteiger partial charge in [-0.25, -0.2) is 14.3 Å². The summed E-state index contributed by atoms with van der Waals surface area (Å²) in [6, 6.07) is 12.7. The van der Waals surface area contributed by atoms with Gasteiger partial charge in [-0.1, -0.05) is 30.3 Å². The number of imidazole rings is 1. The highest BCUT2D eigenvalue weighted by Gasteiger charge is 2.21. The van der Waals surface area contributed by atoms with Crippen LogP contribution in [-0.2, 0) is 33.9 Å². The molecule has 4 aromatic rings. The second kappa shape index (κ2) is 10.6. The quantitative estimate of drug-likeness (QED) is 0.243. The van der Waals surface area contributed by atoms with Crippen LogP contribution in [0.15, 0.2) is 58.4 Å². The molecule has 3 aromatic heterocycles. The highest BCUT2D eigenvalue weighted by atomic mass is 32.1. The number of hydrogen-bond donors (Lipinski definition) is 0. The molecule has 1 aromatic carbocycles. The summed E-state index contributed by atoms with van der Waals surface area (Å²) in [4.78, 5) is 57.1. The number of aromatic nitrogens is 4. The van der Waals surface area contributed by atoms with Crippen LogP contribution < -0.4 is 11.2 Å². The second-order valence-corrected chi connectivity index (χ2v) is 9.13. The molecule has 0 atom stereocenters. The third-order valence-electron chi connectivity index (χ3n) is 5.37. The molecule has 3 heterocycles. The number of benzene rings is 1. The summed E-state index contributed by atoms with van der Waals surface area (Å²) in [5.41, 5.74) is -0.143. The molecule has 0 N–H and O–H groups in total. The van der Waals surface area contributed by atoms with E-state index in [1.807, 2.05) is 37.3 Å². The zero-order valence-electron chi connectivity index (χ0n) is 19.3. The zero-order chi connectivity index (χ0) is 24.9. The molecular formula is C24H24N4O6S. The van der Waals surface area contributed by atoms with Crippen molar-refractivity contribution >= 4 is 34.3 Å². The Kier molecular flexibility index (Phi) is 7.37. The van der Waals surface area contributed by atoms with E-state index in [0.29, 0.717) is 18.0 Å². The summed E-state index contributed by atoms with van der Waals surface area (Å²) in [5, 5.41) is 0. The Hall–Kier alpha value is -3.83. The molecule has 0 unspecified atom stereocenters. The summed E-state index contributed by atoms with van der Waals surface area (Å²) in [5.74, 6) is -1.21. The van der Waals surface area contributed by atoms with Gasteiger partial charge in [-0.2, -0.15) is 0 Å². The average molecular weight is 497 g/mol. The number of fused-ring (bicyclic) bond motifs is 1. The van der Waals surface area contributed by atoms with Gasteiger partial charge < -0.3 is 14.0 Å². The van der Waals surface area contributed by atoms with E-state index < -0.39 is 30.4 Å². The van der Waals surface area contributed by atoms with Crippen molar-refractivity contribution in [2.24, 2.45) is 0 Å². The van der Waals surface area contributed by atoms with Gasteiger partial charge in [0.1, 0.15) is 6.54 Å². The molecule has 0 saturated carbocycles. The van der Waals surface area contributed by atoms with Crippen LogP contribution in [0, 0.1) is 6.92 Å². The van der Waals surface area contributed by atoms with Crippen LogP contribution in [0.5, 0.6) is 0 Å². The Morgan fingerprint density at radius 1 is 1.06 bits per heavy atom. The lowest BCUT2D eigenvalue weighted by atomic mass is 10.2. The van der Waals surface area contributed by atoms with E-state index in [1.54, 1.807) is 16.7 Å². The minimum atomic E-state index is -0.862. The maximum atomic E-state index is 13.3. The molecule has 35 heavy (non-hydrogen) atoms. The lowest BCUT2D eigenvalue weighted by Crippen LogP contribution is -2.43. The van der Waals surface area contributed by atoms with E-state index in [0.717, 1.165) is 15.0 Å². The van der Waals surface area contributed by atoms with Gasteiger partial charge in [0.05, 0.1) is 24.4 Å². The number of hydrogen-bond acceptors (Lipinski definition) is 8. The maximum Gasteiger partial charge on any atom is 0.333 e. The van der Waals surface area contributed by atoms with Gasteiger partial charge in [0.15, 0.2) is 17.8 Å². The first-order chi connectivity index (χ1) is 16.9. The molecule has 0 amide bonds. The number of Topliss-reactive ketones (excluding diaryl/α,β-unsaturated/α-hetero) is 1. The summed E-state index contributed by atoms with van der Waals surface area (Å²) in [6.07, 6.45) is 1.47. The number of ether oxygens (including phenoxy) is 2. The van der Waals surface area contributed by atoms with Crippen LogP contribution in [0.3, 0.4) is 0 Å². The molecule has 11 heteroatoms. The van der Waals surface area contributed by atoms with Crippen molar-refractivity contribution in [1.29, 1.82) is 0 Å². The topological polar surface area (TPSA) is 114 Å². The molecule has 0 aliphatic rings. The molecule has 0 radical (unpaired) electrons. The lowest BCUT2D eigenvalue weighted by molar-refractivity contribution is -0.143. The molecular weight excluding hydrogens is 472 g/mol. The summed E-state index contributed by atoms with van der Waals surface area (Å²) >= 11 is 1.30. The Morgan fingerprint density at radius 2 is 1.83 bits per heavy atom. The first-order valence-electron chi connectivity index (χ1n) is 10.9. The minimum absolute atomic E-state index is 0.156. The monoisotopic (exact) mass is 496 g/mol. The molecule has 182 valence electrons. The van der Waals surface area contributed by atoms with Crippen molar-refractivity contribution in [3.8, 4) is 0 Å². The van der Waals surface area contributed by atoms with Gasteiger partial charge in [0.2, 0.25) is 5.78 Å². The van der Waals surface area contributed by atoms with Crippen LogP contribution in [0.25, 0.3) is 11.2 Å². The molecule has 0 saturated heterocycles. The maximum absolute atomic E-state index is 13.3. The molecule has 0 aliphatic carbocycles. The Bertz CT molecular complexity index is 1480. The fourth-order valence-corrected chi connectivity index (χ4v) is 4.41. The van der Waals surface area contributed by atoms with Gasteiger partial charge >= 0.3 is 11.7 Å². The first kappa shape index (κ1) is 24.3. The molecule has 0 spiro atoms. The zero-order valence-corrected chi connectivity index (χ0v) is 20.1. The lowest BCUT2D eigenvalue weighted by Gasteiger charge is -2.12. The summed E-state index contributed by atoms with van der Waals surface area (Å²) < 4.78 is 14.0. The SMILES string of the molecule is COCCn1cnc2c1c(=O)n(CC(=O)OCC(=O)c1ccc(C)s1)c(=O)n2Cc1ccccc1. The van der Waals surface area contributed by atoms with Crippen LogP contribution in [0.4, 0.5) is 0 Å². The largest absolute Gasteiger partial charge is 0.456 e. The Balaban J connectivity index is 1.66. The van der Waals surface area contributed by atoms with E-state index in [9.17, 15) is 19.2 Å². The van der Waals surface area contributed by atoms with E-state index in [2.05, 4.69) is 4.98 Å². The first-order valence-corrected chi connectivity index (χ1v) is 11.7. The normalized spacial score (nSPS) is 11.1. The van der Waals surface area contributed by atoms with Crippen LogP contribution in [0.2, 0.25) is 0 Å². The fraction of sp³-hybridized carbons (Fsp3) is 0.292. The summed E-state index contributed by atoms with van der Waals surface area (Å²) in [6.45, 7) is 1.59. The van der Waals surface area contributed by atoms with Crippen molar-refractivity contribution in [1.82, 2.24) is 18.7 Å². The number of thiophene rings is 1. The number of carbonyl (C=O) groups excluding carboxylic acids is 2. The standard InChI is InChI=1S/C24H24N4O6S/c1-16-8-9-19(35-16)18(29)14-34-20(30)13-28-23(31)21-22(25-15-26(21)10-11-33-2)27(24(28)32)12-17-6-4-3-5-7-17/h3-9,15H,10-14H2,1-2H3. The van der Waals surface area contributed by atoms with Crippen LogP contribution >= 0.6 is 11.3 Å². The number of aryl methyl sites for hydroxylation is 1. The fourth-order valence-electron chi connectivity index (χ4n) is 3.62. The predicted molar refractivity (Wildman–Crippen MR) is 130 cm³/mol. The number of methoxy groups -OCH3 is 1. The minimum Gasteiger partial charge on any atom is -0.456 e. The van der Waals surface area contributed by atoms with Crippen molar-refractivity contribution < 1.29 is 19.1 Å². The van der Waals surface area contributed by atoms with Crippen molar-refractivity contribution in [2.75, 3.05) is 20.3 Å². The molecule has 0 fully saturated rings. The molecule has 4 rings (SSSR count). The van der Waals surface area contributed by atoms with Gasteiger partial charge in [-0.05, 0) is 24.6 Å². The predicted octanol–water partition coefficient (Wildman–Crippen LogP) is 1.85. The molecule has 10 nitrogen and oxygen atoms in total. The smallest absolute Gasteiger partial charge is 0.333 e. The highest BCUT2D eigenvalue weighted by molar-refractivity contribution is 7.14. The van der Waals surface area contributed by atoms with Crippen LogP contribution in [-0.4, -0.2) is 50.8 Å². The Labute approximate surface area is 204 Å². The van der Waals surface area contributed by atoms with Gasteiger partial charge in [0.25, 0.3) is 5.56 Å². The van der Waals surface area contributed by atoms with E-state index in [4.69, 9.17) is 9.47 Å². The highest BCUT2D eigenvalue weighted by Crippen LogP contribution is 2.15. The third kappa shape index (κ3) is 5.31. The summed E-state index contributed by atoms with van der Waals surface area (Å²) in [7, 11) is 1.54. The number of ketones is 1. The van der Waals surface area contributed by atoms with Crippen molar-refractivity contribution in [3.05, 3.63) is 84.9 Å². The number of nitrogens with zero attached hydrogens (tertiary/aromatic N) is 4. The molecule has 0 bridgehead atoms. The van der Waals surface area contributed by atoms with Gasteiger partial charge in [-0.15, -0.1) is 11.3 Å². The van der Waals surface area contributed by atoms with Gasteiger partial charge in [0, 0.05) is 18.5 Å². The second-order valence-electron chi connectivity index (χ2n) is 7.84. The van der Waals surface area contributed by atoms with E-state index >= 15 is 0 Å². The van der Waals surface area contributed by atoms with Crippen LogP contribution in [0.1, 0.15) is 20.1 Å². The van der Waals surface area contributed by atoms with Gasteiger partial charge in [-0.3, -0.25) is 19.0 Å². The molecule has 0 aliphatic heterocycles. The van der Waals surface area contributed by atoms with Crippen molar-refractivity contribution in [2.45, 2.75) is 26.6 Å². The number of carbonyl (C=O) groups is 2. The Morgan fingerprint density at radius 3 is 2.51 bits per heavy atom. The van der Waals surface area contributed by atoms with E-state index in [-0.39, 0.29) is 23.5 Å². The van der Waals surface area contributed by atoms with Crippen molar-refractivity contribution in [3.63, 3.8) is 0 Å². The number of esters is 1.